The van der Waals surface area contributed by atoms with Crippen LogP contribution in [0.3, 0.4) is 0 Å². The van der Waals surface area contributed by atoms with Gasteiger partial charge in [0.05, 0.1) is 20.8 Å². The minimum atomic E-state index is -0.266. The number of hydrogen-bond acceptors (Lipinski definition) is 5. The second kappa shape index (κ2) is 8.74. The fourth-order valence-corrected chi connectivity index (χ4v) is 2.39. The van der Waals surface area contributed by atoms with Gasteiger partial charge in [-0.1, -0.05) is 11.6 Å². The lowest BCUT2D eigenvalue weighted by molar-refractivity contribution is -0.143. The fourth-order valence-electron chi connectivity index (χ4n) is 2.06. The maximum absolute atomic E-state index is 11.3. The smallest absolute Gasteiger partial charge is 0.305 e. The molecule has 1 rings (SSSR count). The van der Waals surface area contributed by atoms with Crippen LogP contribution in [-0.4, -0.2) is 26.8 Å². The van der Waals surface area contributed by atoms with Crippen molar-refractivity contribution in [1.29, 1.82) is 0 Å². The molecule has 0 aliphatic rings. The van der Waals surface area contributed by atoms with Crippen molar-refractivity contribution in [2.45, 2.75) is 32.2 Å². The number of nitrogens with two attached hydrogens (primary N) is 1. The Labute approximate surface area is 130 Å². The first kappa shape index (κ1) is 17.6. The Balaban J connectivity index is 2.72. The summed E-state index contributed by atoms with van der Waals surface area (Å²) < 4.78 is 15.4. The summed E-state index contributed by atoms with van der Waals surface area (Å²) >= 11 is 6.20. The number of esters is 1. The van der Waals surface area contributed by atoms with Gasteiger partial charge in [-0.25, -0.2) is 0 Å². The molecule has 0 spiro atoms. The molecule has 1 atom stereocenters. The highest BCUT2D eigenvalue weighted by Gasteiger charge is 2.18. The first-order valence-electron chi connectivity index (χ1n) is 6.86. The predicted octanol–water partition coefficient (Wildman–Crippen LogP) is 3.09. The number of rotatable bonds is 8. The summed E-state index contributed by atoms with van der Waals surface area (Å²) in [7, 11) is 3.08. The van der Waals surface area contributed by atoms with Crippen molar-refractivity contribution >= 4 is 17.6 Å². The van der Waals surface area contributed by atoms with Crippen molar-refractivity contribution < 1.29 is 19.0 Å². The molecule has 0 radical (unpaired) electrons. The average Bonchev–Trinajstić information content (AvgIpc) is 2.47. The molecule has 0 saturated heterocycles. The van der Waals surface area contributed by atoms with Crippen LogP contribution in [0.2, 0.25) is 5.02 Å². The molecule has 0 heterocycles. The molecule has 0 aromatic heterocycles. The third kappa shape index (κ3) is 4.79. The van der Waals surface area contributed by atoms with Crippen LogP contribution < -0.4 is 15.2 Å². The van der Waals surface area contributed by atoms with E-state index in [4.69, 9.17) is 31.5 Å². The SMILES string of the molecule is CCOC(=O)CCCC(N)c1ccc(OC)c(Cl)c1OC. The number of carbonyl (C=O) groups is 1. The molecule has 0 fully saturated rings. The van der Waals surface area contributed by atoms with Crippen LogP contribution in [-0.2, 0) is 9.53 Å². The summed E-state index contributed by atoms with van der Waals surface area (Å²) in [5.41, 5.74) is 6.96. The van der Waals surface area contributed by atoms with Gasteiger partial charge in [-0.3, -0.25) is 4.79 Å². The highest BCUT2D eigenvalue weighted by atomic mass is 35.5. The zero-order valence-corrected chi connectivity index (χ0v) is 13.4. The van der Waals surface area contributed by atoms with Crippen molar-refractivity contribution in [3.63, 3.8) is 0 Å². The van der Waals surface area contributed by atoms with Crippen LogP contribution in [0.5, 0.6) is 11.5 Å². The molecule has 1 unspecified atom stereocenters. The van der Waals surface area contributed by atoms with Gasteiger partial charge in [0.2, 0.25) is 0 Å². The number of ether oxygens (including phenoxy) is 3. The van der Waals surface area contributed by atoms with Gasteiger partial charge in [-0.2, -0.15) is 0 Å². The number of halogens is 1. The molecule has 118 valence electrons. The quantitative estimate of drug-likeness (QED) is 0.746. The molecular formula is C15H22ClNO4. The van der Waals surface area contributed by atoms with Crippen LogP contribution >= 0.6 is 11.6 Å². The molecule has 1 aromatic rings. The summed E-state index contributed by atoms with van der Waals surface area (Å²) in [5.74, 6) is 0.847. The normalized spacial score (nSPS) is 11.9. The topological polar surface area (TPSA) is 70.8 Å². The van der Waals surface area contributed by atoms with E-state index in [-0.39, 0.29) is 12.0 Å². The molecule has 0 bridgehead atoms. The summed E-state index contributed by atoms with van der Waals surface area (Å²) in [5, 5.41) is 0.401. The lowest BCUT2D eigenvalue weighted by Crippen LogP contribution is -2.13. The van der Waals surface area contributed by atoms with Gasteiger partial charge in [0.25, 0.3) is 0 Å². The second-order valence-corrected chi connectivity index (χ2v) is 4.89. The van der Waals surface area contributed by atoms with Gasteiger partial charge in [0.15, 0.2) is 0 Å². The molecular weight excluding hydrogens is 294 g/mol. The van der Waals surface area contributed by atoms with Crippen molar-refractivity contribution in [3.05, 3.63) is 22.7 Å². The Morgan fingerprint density at radius 1 is 1.33 bits per heavy atom. The first-order valence-corrected chi connectivity index (χ1v) is 7.24. The van der Waals surface area contributed by atoms with Crippen LogP contribution in [0, 0.1) is 0 Å². The van der Waals surface area contributed by atoms with E-state index in [1.54, 1.807) is 20.1 Å². The van der Waals surface area contributed by atoms with E-state index in [1.165, 1.54) is 7.11 Å². The maximum Gasteiger partial charge on any atom is 0.305 e. The summed E-state index contributed by atoms with van der Waals surface area (Å²) in [6, 6.07) is 3.32. The zero-order chi connectivity index (χ0) is 15.8. The van der Waals surface area contributed by atoms with Crippen molar-refractivity contribution in [2.24, 2.45) is 5.73 Å². The fraction of sp³-hybridized carbons (Fsp3) is 0.533. The summed E-state index contributed by atoms with van der Waals surface area (Å²) in [6.45, 7) is 2.18. The molecule has 5 nitrogen and oxygen atoms in total. The lowest BCUT2D eigenvalue weighted by atomic mass is 10.0. The Bertz CT molecular complexity index is 479. The molecule has 0 saturated carbocycles. The standard InChI is InChI=1S/C15H22ClNO4/c1-4-21-13(18)7-5-6-11(17)10-8-9-12(19-2)14(16)15(10)20-3/h8-9,11H,4-7,17H2,1-3H3. The molecule has 1 aromatic carbocycles. The van der Waals surface area contributed by atoms with Gasteiger partial charge in [-0.05, 0) is 31.9 Å². The minimum Gasteiger partial charge on any atom is -0.495 e. The van der Waals surface area contributed by atoms with Crippen molar-refractivity contribution in [3.8, 4) is 11.5 Å². The van der Waals surface area contributed by atoms with Crippen LogP contribution in [0.1, 0.15) is 37.8 Å². The van der Waals surface area contributed by atoms with E-state index in [9.17, 15) is 4.79 Å². The Morgan fingerprint density at radius 2 is 2.05 bits per heavy atom. The number of hydrogen-bond donors (Lipinski definition) is 1. The van der Waals surface area contributed by atoms with E-state index >= 15 is 0 Å². The predicted molar refractivity (Wildman–Crippen MR) is 82.0 cm³/mol. The van der Waals surface area contributed by atoms with Crippen LogP contribution in [0.25, 0.3) is 0 Å². The van der Waals surface area contributed by atoms with E-state index in [1.807, 2.05) is 6.07 Å². The van der Waals surface area contributed by atoms with Crippen molar-refractivity contribution in [2.75, 3.05) is 20.8 Å². The number of carbonyl (C=O) groups excluding carboxylic acids is 1. The van der Waals surface area contributed by atoms with Crippen LogP contribution in [0.4, 0.5) is 0 Å². The van der Waals surface area contributed by atoms with Gasteiger partial charge in [0.1, 0.15) is 16.5 Å². The minimum absolute atomic E-state index is 0.204. The highest BCUT2D eigenvalue weighted by molar-refractivity contribution is 6.33. The van der Waals surface area contributed by atoms with E-state index < -0.39 is 0 Å². The highest BCUT2D eigenvalue weighted by Crippen LogP contribution is 2.39. The van der Waals surface area contributed by atoms with E-state index in [0.717, 1.165) is 5.56 Å². The lowest BCUT2D eigenvalue weighted by Gasteiger charge is -2.18. The molecule has 2 N–H and O–H groups in total. The van der Waals surface area contributed by atoms with Crippen molar-refractivity contribution in [1.82, 2.24) is 0 Å². The monoisotopic (exact) mass is 315 g/mol. The first-order chi connectivity index (χ1) is 10.0. The Morgan fingerprint density at radius 3 is 2.62 bits per heavy atom. The third-order valence-corrected chi connectivity index (χ3v) is 3.47. The molecule has 0 aliphatic heterocycles. The largest absolute Gasteiger partial charge is 0.495 e. The van der Waals surface area contributed by atoms with Gasteiger partial charge >= 0.3 is 5.97 Å². The zero-order valence-electron chi connectivity index (χ0n) is 12.6. The van der Waals surface area contributed by atoms with E-state index in [2.05, 4.69) is 0 Å². The molecule has 0 aliphatic carbocycles. The van der Waals surface area contributed by atoms with Gasteiger partial charge < -0.3 is 19.9 Å². The molecule has 6 heteroatoms. The van der Waals surface area contributed by atoms with E-state index in [0.29, 0.717) is 42.4 Å². The molecule has 21 heavy (non-hydrogen) atoms. The summed E-state index contributed by atoms with van der Waals surface area (Å²) in [6.07, 6.45) is 1.64. The maximum atomic E-state index is 11.3. The Kier molecular flexibility index (Phi) is 7.32. The third-order valence-electron chi connectivity index (χ3n) is 3.12. The number of methoxy groups -OCH3 is 2. The number of benzene rings is 1. The van der Waals surface area contributed by atoms with Crippen LogP contribution in [0.15, 0.2) is 12.1 Å². The van der Waals surface area contributed by atoms with Gasteiger partial charge in [0, 0.05) is 18.0 Å². The second-order valence-electron chi connectivity index (χ2n) is 4.51. The summed E-state index contributed by atoms with van der Waals surface area (Å²) in [4.78, 5) is 11.3. The average molecular weight is 316 g/mol. The molecule has 0 amide bonds. The van der Waals surface area contributed by atoms with Gasteiger partial charge in [-0.15, -0.1) is 0 Å². The Hall–Kier alpha value is -1.46.